The highest BCUT2D eigenvalue weighted by molar-refractivity contribution is 6.73. The van der Waals surface area contributed by atoms with Crippen molar-refractivity contribution in [3.63, 3.8) is 0 Å². The summed E-state index contributed by atoms with van der Waals surface area (Å²) in [6.07, 6.45) is 0. The van der Waals surface area contributed by atoms with Crippen molar-refractivity contribution in [1.82, 2.24) is 0 Å². The zero-order valence-electron chi connectivity index (χ0n) is 6.00. The lowest BCUT2D eigenvalue weighted by atomic mass is 9.62. The minimum absolute atomic E-state index is 0.569. The SMILES string of the molecule is C=CB(O)c1ccccc1Cl. The van der Waals surface area contributed by atoms with Crippen LogP contribution in [-0.4, -0.2) is 11.9 Å². The third-order valence-corrected chi connectivity index (χ3v) is 1.79. The Bertz CT molecular complexity index is 262. The van der Waals surface area contributed by atoms with Crippen molar-refractivity contribution in [3.8, 4) is 0 Å². The van der Waals surface area contributed by atoms with Gasteiger partial charge in [0.05, 0.1) is 0 Å². The second-order valence-electron chi connectivity index (χ2n) is 2.20. The third-order valence-electron chi connectivity index (χ3n) is 1.45. The van der Waals surface area contributed by atoms with Gasteiger partial charge in [-0.1, -0.05) is 35.8 Å². The summed E-state index contributed by atoms with van der Waals surface area (Å²) in [4.78, 5) is 0. The number of rotatable bonds is 2. The van der Waals surface area contributed by atoms with E-state index in [1.54, 1.807) is 12.1 Å². The van der Waals surface area contributed by atoms with Gasteiger partial charge in [0.1, 0.15) is 0 Å². The van der Waals surface area contributed by atoms with Crippen LogP contribution in [0.15, 0.2) is 36.8 Å². The quantitative estimate of drug-likeness (QED) is 0.656. The van der Waals surface area contributed by atoms with E-state index < -0.39 is 6.92 Å². The van der Waals surface area contributed by atoms with Crippen molar-refractivity contribution in [1.29, 1.82) is 0 Å². The molecule has 0 bridgehead atoms. The van der Waals surface area contributed by atoms with Crippen LogP contribution >= 0.6 is 11.6 Å². The van der Waals surface area contributed by atoms with Gasteiger partial charge in [0.15, 0.2) is 0 Å². The smallest absolute Gasteiger partial charge is 0.352 e. The van der Waals surface area contributed by atoms with Crippen LogP contribution in [0.4, 0.5) is 0 Å². The van der Waals surface area contributed by atoms with E-state index in [0.717, 1.165) is 0 Å². The number of halogens is 1. The molecule has 0 atom stereocenters. The maximum absolute atomic E-state index is 9.31. The maximum Gasteiger partial charge on any atom is 0.352 e. The molecule has 0 amide bonds. The van der Waals surface area contributed by atoms with E-state index in [2.05, 4.69) is 6.58 Å². The fourth-order valence-corrected chi connectivity index (χ4v) is 1.09. The predicted molar refractivity (Wildman–Crippen MR) is 49.3 cm³/mol. The number of hydrogen-bond donors (Lipinski definition) is 1. The summed E-state index contributed by atoms with van der Waals surface area (Å²) in [6.45, 7) is 2.81. The van der Waals surface area contributed by atoms with E-state index in [1.165, 1.54) is 5.98 Å². The van der Waals surface area contributed by atoms with Crippen LogP contribution in [0.3, 0.4) is 0 Å². The van der Waals surface area contributed by atoms with Crippen molar-refractivity contribution >= 4 is 24.0 Å². The molecular formula is C8H8BClO. The lowest BCUT2D eigenvalue weighted by Crippen LogP contribution is -2.28. The Morgan fingerprint density at radius 2 is 2.09 bits per heavy atom. The van der Waals surface area contributed by atoms with Crippen LogP contribution < -0.4 is 5.46 Å². The van der Waals surface area contributed by atoms with Gasteiger partial charge in [0.25, 0.3) is 0 Å². The Labute approximate surface area is 71.4 Å². The molecule has 0 spiro atoms. The molecule has 3 heteroatoms. The van der Waals surface area contributed by atoms with E-state index in [9.17, 15) is 5.02 Å². The van der Waals surface area contributed by atoms with Crippen LogP contribution in [0.5, 0.6) is 0 Å². The minimum Gasteiger partial charge on any atom is -0.443 e. The fourth-order valence-electron chi connectivity index (χ4n) is 0.842. The molecule has 0 aliphatic rings. The van der Waals surface area contributed by atoms with E-state index in [4.69, 9.17) is 11.6 Å². The lowest BCUT2D eigenvalue weighted by molar-refractivity contribution is 0.599. The zero-order chi connectivity index (χ0) is 8.27. The molecule has 56 valence electrons. The molecule has 0 saturated heterocycles. The molecule has 0 saturated carbocycles. The van der Waals surface area contributed by atoms with Crippen molar-refractivity contribution in [2.75, 3.05) is 0 Å². The van der Waals surface area contributed by atoms with Crippen molar-refractivity contribution < 1.29 is 5.02 Å². The Hall–Kier alpha value is -0.725. The van der Waals surface area contributed by atoms with Gasteiger partial charge in [-0.2, -0.15) is 0 Å². The van der Waals surface area contributed by atoms with Crippen LogP contribution in [0.1, 0.15) is 0 Å². The largest absolute Gasteiger partial charge is 0.443 e. The molecule has 11 heavy (non-hydrogen) atoms. The average Bonchev–Trinajstić information content (AvgIpc) is 2.04. The van der Waals surface area contributed by atoms with Gasteiger partial charge in [-0.15, -0.1) is 6.58 Å². The van der Waals surface area contributed by atoms with E-state index in [1.807, 2.05) is 12.1 Å². The van der Waals surface area contributed by atoms with Gasteiger partial charge in [0, 0.05) is 5.02 Å². The molecule has 0 aromatic heterocycles. The normalized spacial score (nSPS) is 9.27. The molecule has 0 heterocycles. The zero-order valence-corrected chi connectivity index (χ0v) is 6.75. The van der Waals surface area contributed by atoms with Gasteiger partial charge in [-0.05, 0) is 11.5 Å². The summed E-state index contributed by atoms with van der Waals surface area (Å²) in [5.41, 5.74) is 0.698. The van der Waals surface area contributed by atoms with Crippen molar-refractivity contribution in [3.05, 3.63) is 41.8 Å². The Morgan fingerprint density at radius 3 is 2.64 bits per heavy atom. The molecule has 0 aliphatic carbocycles. The van der Waals surface area contributed by atoms with E-state index in [0.29, 0.717) is 10.5 Å². The molecule has 1 nitrogen and oxygen atoms in total. The van der Waals surface area contributed by atoms with Gasteiger partial charge in [0.2, 0.25) is 0 Å². The molecule has 1 aromatic carbocycles. The predicted octanol–water partition coefficient (Wildman–Crippen LogP) is 1.26. The van der Waals surface area contributed by atoms with Crippen LogP contribution in [0.2, 0.25) is 5.02 Å². The molecule has 0 unspecified atom stereocenters. The van der Waals surface area contributed by atoms with E-state index in [-0.39, 0.29) is 0 Å². The van der Waals surface area contributed by atoms with Gasteiger partial charge < -0.3 is 5.02 Å². The van der Waals surface area contributed by atoms with Crippen LogP contribution in [0, 0.1) is 0 Å². The number of hydrogen-bond acceptors (Lipinski definition) is 1. The molecule has 1 rings (SSSR count). The minimum atomic E-state index is -0.663. The summed E-state index contributed by atoms with van der Waals surface area (Å²) in [5.74, 6) is 1.45. The maximum atomic E-state index is 9.31. The third kappa shape index (κ3) is 1.85. The second-order valence-corrected chi connectivity index (χ2v) is 2.61. The van der Waals surface area contributed by atoms with Gasteiger partial charge >= 0.3 is 6.92 Å². The first kappa shape index (κ1) is 8.37. The highest BCUT2D eigenvalue weighted by Crippen LogP contribution is 2.04. The fraction of sp³-hybridized carbons (Fsp3) is 0. The van der Waals surface area contributed by atoms with Gasteiger partial charge in [-0.25, -0.2) is 0 Å². The molecular weight excluding hydrogens is 158 g/mol. The van der Waals surface area contributed by atoms with Crippen LogP contribution in [-0.2, 0) is 0 Å². The summed E-state index contributed by atoms with van der Waals surface area (Å²) in [7, 11) is 0. The first-order valence-electron chi connectivity index (χ1n) is 3.30. The molecule has 1 aromatic rings. The van der Waals surface area contributed by atoms with Crippen molar-refractivity contribution in [2.45, 2.75) is 0 Å². The highest BCUT2D eigenvalue weighted by atomic mass is 35.5. The van der Waals surface area contributed by atoms with E-state index >= 15 is 0 Å². The Kier molecular flexibility index (Phi) is 2.74. The number of benzene rings is 1. The summed E-state index contributed by atoms with van der Waals surface area (Å²) < 4.78 is 0. The van der Waals surface area contributed by atoms with Crippen molar-refractivity contribution in [2.24, 2.45) is 0 Å². The van der Waals surface area contributed by atoms with Crippen LogP contribution in [0.25, 0.3) is 0 Å². The first-order valence-corrected chi connectivity index (χ1v) is 3.68. The lowest BCUT2D eigenvalue weighted by Gasteiger charge is -2.02. The Balaban J connectivity index is 3.02. The standard InChI is InChI=1S/C8H8BClO/c1-2-9(11)7-5-3-4-6-8(7)10/h2-6,11H,1H2. The topological polar surface area (TPSA) is 20.2 Å². The molecule has 1 N–H and O–H groups in total. The second kappa shape index (κ2) is 3.60. The highest BCUT2D eigenvalue weighted by Gasteiger charge is 2.11. The summed E-state index contributed by atoms with van der Waals surface area (Å²) in [5, 5.41) is 9.88. The molecule has 0 aliphatic heterocycles. The average molecular weight is 166 g/mol. The first-order chi connectivity index (χ1) is 5.25. The molecule has 0 radical (unpaired) electrons. The summed E-state index contributed by atoms with van der Waals surface area (Å²) in [6, 6.07) is 7.16. The van der Waals surface area contributed by atoms with Gasteiger partial charge in [-0.3, -0.25) is 0 Å². The summed E-state index contributed by atoms with van der Waals surface area (Å²) >= 11 is 5.79. The molecule has 0 fully saturated rings. The monoisotopic (exact) mass is 166 g/mol. The Morgan fingerprint density at radius 1 is 1.45 bits per heavy atom.